The molecule has 5 nitrogen and oxygen atoms in total. The highest BCUT2D eigenvalue weighted by atomic mass is 79.9. The Hall–Kier alpha value is -1.15. The normalized spacial score (nSPS) is 21.4. The lowest BCUT2D eigenvalue weighted by molar-refractivity contribution is 0.483. The van der Waals surface area contributed by atoms with Crippen molar-refractivity contribution in [3.05, 3.63) is 52.4 Å². The van der Waals surface area contributed by atoms with Crippen molar-refractivity contribution >= 4 is 26.0 Å². The first-order valence-electron chi connectivity index (χ1n) is 6.57. The van der Waals surface area contributed by atoms with Crippen LogP contribution in [-0.2, 0) is 16.6 Å². The highest BCUT2D eigenvalue weighted by Crippen LogP contribution is 2.41. The van der Waals surface area contributed by atoms with Crippen LogP contribution in [0.2, 0.25) is 0 Å². The number of furan rings is 1. The molecule has 0 saturated heterocycles. The molecule has 1 aliphatic carbocycles. The highest BCUT2D eigenvalue weighted by Gasteiger charge is 2.41. The van der Waals surface area contributed by atoms with Gasteiger partial charge in [0.05, 0.1) is 6.54 Å². The monoisotopic (exact) mass is 370 g/mol. The third kappa shape index (κ3) is 3.06. The molecule has 1 heterocycles. The Morgan fingerprint density at radius 1 is 1.33 bits per heavy atom. The second-order valence-corrected chi connectivity index (χ2v) is 7.44. The van der Waals surface area contributed by atoms with Crippen LogP contribution in [0.4, 0.5) is 0 Å². The quantitative estimate of drug-likeness (QED) is 0.845. The van der Waals surface area contributed by atoms with E-state index in [9.17, 15) is 8.42 Å². The molecule has 0 aliphatic heterocycles. The lowest BCUT2D eigenvalue weighted by Crippen LogP contribution is -2.26. The Balaban J connectivity index is 1.75. The lowest BCUT2D eigenvalue weighted by atomic mass is 10.1. The Kier molecular flexibility index (Phi) is 3.92. The van der Waals surface area contributed by atoms with E-state index < -0.39 is 10.0 Å². The van der Waals surface area contributed by atoms with E-state index >= 15 is 0 Å². The summed E-state index contributed by atoms with van der Waals surface area (Å²) < 4.78 is 32.9. The third-order valence-electron chi connectivity index (χ3n) is 3.52. The van der Waals surface area contributed by atoms with E-state index in [0.717, 1.165) is 12.0 Å². The van der Waals surface area contributed by atoms with E-state index in [1.165, 1.54) is 6.07 Å². The van der Waals surface area contributed by atoms with Gasteiger partial charge >= 0.3 is 0 Å². The van der Waals surface area contributed by atoms with Gasteiger partial charge in [0.1, 0.15) is 10.7 Å². The maximum absolute atomic E-state index is 12.4. The van der Waals surface area contributed by atoms with Gasteiger partial charge in [0.15, 0.2) is 4.67 Å². The van der Waals surface area contributed by atoms with Gasteiger partial charge in [-0.05, 0) is 27.9 Å². The summed E-state index contributed by atoms with van der Waals surface area (Å²) in [5, 5.41) is 0. The number of benzene rings is 1. The predicted octanol–water partition coefficient (Wildman–Crippen LogP) is 2.34. The van der Waals surface area contributed by atoms with Gasteiger partial charge in [-0.15, -0.1) is 0 Å². The minimum atomic E-state index is -3.60. The van der Waals surface area contributed by atoms with Gasteiger partial charge < -0.3 is 10.2 Å². The van der Waals surface area contributed by atoms with E-state index in [1.807, 2.05) is 30.3 Å². The zero-order valence-corrected chi connectivity index (χ0v) is 13.5. The van der Waals surface area contributed by atoms with E-state index in [1.54, 1.807) is 0 Å². The van der Waals surface area contributed by atoms with Crippen LogP contribution in [0.25, 0.3) is 0 Å². The summed E-state index contributed by atoms with van der Waals surface area (Å²) in [6, 6.07) is 11.3. The zero-order valence-electron chi connectivity index (χ0n) is 11.1. The molecule has 21 heavy (non-hydrogen) atoms. The highest BCUT2D eigenvalue weighted by molar-refractivity contribution is 9.10. The van der Waals surface area contributed by atoms with Gasteiger partial charge in [0.2, 0.25) is 10.0 Å². The van der Waals surface area contributed by atoms with E-state index in [2.05, 4.69) is 20.7 Å². The number of nitrogens with two attached hydrogens (primary N) is 1. The first kappa shape index (κ1) is 14.8. The fraction of sp³-hybridized carbons (Fsp3) is 0.286. The molecule has 2 unspecified atom stereocenters. The van der Waals surface area contributed by atoms with E-state index in [0.29, 0.717) is 5.76 Å². The number of hydrogen-bond acceptors (Lipinski definition) is 4. The van der Waals surface area contributed by atoms with Crippen molar-refractivity contribution in [2.24, 2.45) is 5.73 Å². The fourth-order valence-electron chi connectivity index (χ4n) is 2.34. The second kappa shape index (κ2) is 5.57. The summed E-state index contributed by atoms with van der Waals surface area (Å²) in [5.41, 5.74) is 6.61. The van der Waals surface area contributed by atoms with Crippen LogP contribution in [0.1, 0.15) is 23.7 Å². The van der Waals surface area contributed by atoms with Crippen molar-refractivity contribution in [1.82, 2.24) is 4.72 Å². The van der Waals surface area contributed by atoms with E-state index in [-0.39, 0.29) is 28.1 Å². The summed E-state index contributed by atoms with van der Waals surface area (Å²) in [5.74, 6) is 0.665. The van der Waals surface area contributed by atoms with E-state index in [4.69, 9.17) is 10.2 Å². The Labute approximate surface area is 131 Å². The van der Waals surface area contributed by atoms with Crippen LogP contribution in [0.5, 0.6) is 0 Å². The predicted molar refractivity (Wildman–Crippen MR) is 82.2 cm³/mol. The van der Waals surface area contributed by atoms with Crippen molar-refractivity contribution in [2.75, 3.05) is 0 Å². The molecule has 1 aromatic carbocycles. The summed E-state index contributed by atoms with van der Waals surface area (Å²) in [7, 11) is -3.60. The van der Waals surface area contributed by atoms with Crippen molar-refractivity contribution < 1.29 is 12.8 Å². The standard InChI is InChI=1S/C14H15BrN2O3S/c15-14-13(6-10(8-16)20-14)21(18,19)17-12-7-11(12)9-4-2-1-3-5-9/h1-6,11-12,17H,7-8,16H2. The molecule has 1 fully saturated rings. The smallest absolute Gasteiger partial charge is 0.245 e. The van der Waals surface area contributed by atoms with Crippen LogP contribution < -0.4 is 10.5 Å². The Bertz CT molecular complexity index is 743. The molecule has 1 saturated carbocycles. The first-order chi connectivity index (χ1) is 10.0. The largest absolute Gasteiger partial charge is 0.452 e. The molecule has 3 rings (SSSR count). The number of halogens is 1. The maximum Gasteiger partial charge on any atom is 0.245 e. The molecule has 0 amide bonds. The second-order valence-electron chi connectivity index (χ2n) is 5.04. The zero-order chi connectivity index (χ0) is 15.0. The van der Waals surface area contributed by atoms with Gasteiger partial charge in [-0.25, -0.2) is 13.1 Å². The van der Waals surface area contributed by atoms with Gasteiger partial charge in [-0.3, -0.25) is 0 Å². The number of sulfonamides is 1. The average molecular weight is 371 g/mol. The number of rotatable bonds is 5. The first-order valence-corrected chi connectivity index (χ1v) is 8.84. The minimum absolute atomic E-state index is 0.0690. The minimum Gasteiger partial charge on any atom is -0.452 e. The SMILES string of the molecule is NCc1cc(S(=O)(=O)NC2CC2c2ccccc2)c(Br)o1. The van der Waals surface area contributed by atoms with Gasteiger partial charge in [0.25, 0.3) is 0 Å². The molecule has 3 N–H and O–H groups in total. The Morgan fingerprint density at radius 3 is 2.67 bits per heavy atom. The average Bonchev–Trinajstić information content (AvgIpc) is 3.10. The molecular weight excluding hydrogens is 356 g/mol. The molecule has 2 atom stereocenters. The molecule has 1 aliphatic rings. The molecule has 0 spiro atoms. The molecule has 7 heteroatoms. The fourth-order valence-corrected chi connectivity index (χ4v) is 4.63. The summed E-state index contributed by atoms with van der Waals surface area (Å²) in [4.78, 5) is 0.0988. The van der Waals surface area contributed by atoms with Gasteiger partial charge in [0, 0.05) is 18.0 Å². The van der Waals surface area contributed by atoms with Crippen LogP contribution >= 0.6 is 15.9 Å². The summed E-state index contributed by atoms with van der Waals surface area (Å²) in [6.45, 7) is 0.157. The molecule has 2 aromatic rings. The molecule has 112 valence electrons. The van der Waals surface area contributed by atoms with Gasteiger partial charge in [-0.2, -0.15) is 0 Å². The van der Waals surface area contributed by atoms with Crippen molar-refractivity contribution in [1.29, 1.82) is 0 Å². The van der Waals surface area contributed by atoms with Crippen LogP contribution in [0, 0.1) is 0 Å². The maximum atomic E-state index is 12.4. The Morgan fingerprint density at radius 2 is 2.05 bits per heavy atom. The summed E-state index contributed by atoms with van der Waals surface area (Å²) in [6.07, 6.45) is 0.808. The van der Waals surface area contributed by atoms with Crippen LogP contribution in [-0.4, -0.2) is 14.5 Å². The molecule has 1 aromatic heterocycles. The molecular formula is C14H15BrN2O3S. The van der Waals surface area contributed by atoms with Gasteiger partial charge in [-0.1, -0.05) is 30.3 Å². The molecule has 0 radical (unpaired) electrons. The lowest BCUT2D eigenvalue weighted by Gasteiger charge is -2.04. The third-order valence-corrected chi connectivity index (χ3v) is 5.87. The van der Waals surface area contributed by atoms with Crippen LogP contribution in [0.15, 0.2) is 50.4 Å². The van der Waals surface area contributed by atoms with Crippen LogP contribution in [0.3, 0.4) is 0 Å². The summed E-state index contributed by atoms with van der Waals surface area (Å²) >= 11 is 3.12. The number of nitrogens with one attached hydrogen (secondary N) is 1. The number of hydrogen-bond donors (Lipinski definition) is 2. The van der Waals surface area contributed by atoms with Crippen molar-refractivity contribution in [3.63, 3.8) is 0 Å². The molecule has 0 bridgehead atoms. The van der Waals surface area contributed by atoms with Crippen molar-refractivity contribution in [3.8, 4) is 0 Å². The topological polar surface area (TPSA) is 85.3 Å². The van der Waals surface area contributed by atoms with Crippen molar-refractivity contribution in [2.45, 2.75) is 29.8 Å².